The third kappa shape index (κ3) is 2.33. The van der Waals surface area contributed by atoms with Crippen molar-refractivity contribution in [3.8, 4) is 0 Å². The fraction of sp³-hybridized carbons (Fsp3) is 0.611. The molecule has 0 unspecified atom stereocenters. The molecule has 1 amide bonds. The molecule has 0 N–H and O–H groups in total. The molecule has 5 heteroatoms. The quantitative estimate of drug-likeness (QED) is 0.856. The fourth-order valence-electron chi connectivity index (χ4n) is 4.36. The minimum absolute atomic E-state index is 0.143. The molecule has 0 radical (unpaired) electrons. The molecule has 2 aromatic heterocycles. The predicted molar refractivity (Wildman–Crippen MR) is 89.4 cm³/mol. The average Bonchev–Trinajstić information content (AvgIpc) is 3.27. The van der Waals surface area contributed by atoms with Gasteiger partial charge in [0, 0.05) is 25.0 Å². The van der Waals surface area contributed by atoms with E-state index in [2.05, 4.69) is 10.1 Å². The summed E-state index contributed by atoms with van der Waals surface area (Å²) in [5, 5.41) is 5.29. The van der Waals surface area contributed by atoms with Crippen LogP contribution in [0.25, 0.3) is 11.0 Å². The van der Waals surface area contributed by atoms with Crippen LogP contribution in [-0.4, -0.2) is 38.7 Å². The molecule has 122 valence electrons. The van der Waals surface area contributed by atoms with E-state index in [1.54, 1.807) is 0 Å². The van der Waals surface area contributed by atoms with Gasteiger partial charge in [-0.25, -0.2) is 9.67 Å². The van der Waals surface area contributed by atoms with Crippen molar-refractivity contribution >= 4 is 16.9 Å². The van der Waals surface area contributed by atoms with Crippen molar-refractivity contribution in [1.29, 1.82) is 0 Å². The lowest BCUT2D eigenvalue weighted by Gasteiger charge is -2.23. The number of carbonyl (C=O) groups is 1. The molecule has 2 fully saturated rings. The highest BCUT2D eigenvalue weighted by Gasteiger charge is 2.42. The molecule has 1 saturated carbocycles. The van der Waals surface area contributed by atoms with Crippen LogP contribution >= 0.6 is 0 Å². The summed E-state index contributed by atoms with van der Waals surface area (Å²) in [6.07, 6.45) is 8.20. The van der Waals surface area contributed by atoms with Gasteiger partial charge in [-0.3, -0.25) is 4.79 Å². The second-order valence-electron chi connectivity index (χ2n) is 7.18. The van der Waals surface area contributed by atoms with E-state index in [1.807, 2.05) is 35.7 Å². The number of pyridine rings is 1. The van der Waals surface area contributed by atoms with E-state index in [1.165, 1.54) is 32.1 Å². The van der Waals surface area contributed by atoms with E-state index >= 15 is 0 Å². The number of carbonyl (C=O) groups excluding carboxylic acids is 1. The predicted octanol–water partition coefficient (Wildman–Crippen LogP) is 3.17. The lowest BCUT2D eigenvalue weighted by molar-refractivity contribution is 0.0772. The zero-order valence-electron chi connectivity index (χ0n) is 14.0. The summed E-state index contributed by atoms with van der Waals surface area (Å²) in [4.78, 5) is 19.7. The molecule has 1 aliphatic heterocycles. The fourth-order valence-corrected chi connectivity index (χ4v) is 4.36. The molecule has 1 spiro atoms. The van der Waals surface area contributed by atoms with Gasteiger partial charge in [-0.15, -0.1) is 0 Å². The summed E-state index contributed by atoms with van der Waals surface area (Å²) >= 11 is 0. The number of amides is 1. The molecular weight excluding hydrogens is 288 g/mol. The van der Waals surface area contributed by atoms with Crippen LogP contribution in [0.5, 0.6) is 0 Å². The zero-order valence-corrected chi connectivity index (χ0v) is 14.0. The number of hydrogen-bond donors (Lipinski definition) is 0. The number of rotatable bonds is 2. The van der Waals surface area contributed by atoms with Gasteiger partial charge in [0.25, 0.3) is 5.91 Å². The number of hydrogen-bond acceptors (Lipinski definition) is 3. The lowest BCUT2D eigenvalue weighted by atomic mass is 9.86. The van der Waals surface area contributed by atoms with Gasteiger partial charge in [-0.2, -0.15) is 5.10 Å². The summed E-state index contributed by atoms with van der Waals surface area (Å²) < 4.78 is 1.87. The first-order valence-electron chi connectivity index (χ1n) is 8.74. The van der Waals surface area contributed by atoms with Gasteiger partial charge in [0.2, 0.25) is 0 Å². The second-order valence-corrected chi connectivity index (χ2v) is 7.18. The Morgan fingerprint density at radius 3 is 2.83 bits per heavy atom. The van der Waals surface area contributed by atoms with Crippen LogP contribution in [0.1, 0.15) is 55.1 Å². The normalized spacial score (nSPS) is 20.0. The SMILES string of the molecule is CCn1ncc2cc(C(=O)N3CCC4(CCCC4)C3)c(C)nc21. The van der Waals surface area contributed by atoms with Gasteiger partial charge in [0.1, 0.15) is 0 Å². The molecule has 4 rings (SSSR count). The van der Waals surface area contributed by atoms with E-state index < -0.39 is 0 Å². The van der Waals surface area contributed by atoms with E-state index in [0.717, 1.165) is 41.9 Å². The van der Waals surface area contributed by atoms with Gasteiger partial charge >= 0.3 is 0 Å². The first-order chi connectivity index (χ1) is 11.1. The van der Waals surface area contributed by atoms with Crippen LogP contribution in [0, 0.1) is 12.3 Å². The Bertz CT molecular complexity index is 758. The van der Waals surface area contributed by atoms with E-state index in [0.29, 0.717) is 5.41 Å². The number of aryl methyl sites for hydroxylation is 2. The van der Waals surface area contributed by atoms with Crippen molar-refractivity contribution in [3.63, 3.8) is 0 Å². The van der Waals surface area contributed by atoms with Crippen molar-refractivity contribution in [2.45, 2.75) is 52.5 Å². The number of nitrogens with zero attached hydrogens (tertiary/aromatic N) is 4. The molecule has 5 nitrogen and oxygen atoms in total. The van der Waals surface area contributed by atoms with Gasteiger partial charge in [-0.1, -0.05) is 12.8 Å². The van der Waals surface area contributed by atoms with Crippen molar-refractivity contribution in [3.05, 3.63) is 23.5 Å². The van der Waals surface area contributed by atoms with Crippen LogP contribution in [0.15, 0.2) is 12.3 Å². The molecule has 1 saturated heterocycles. The first-order valence-corrected chi connectivity index (χ1v) is 8.74. The molecule has 2 aromatic rings. The zero-order chi connectivity index (χ0) is 16.0. The Kier molecular flexibility index (Phi) is 3.39. The van der Waals surface area contributed by atoms with Gasteiger partial charge in [0.15, 0.2) is 5.65 Å². The summed E-state index contributed by atoms with van der Waals surface area (Å²) in [6, 6.07) is 1.97. The highest BCUT2D eigenvalue weighted by Crippen LogP contribution is 2.45. The molecule has 0 aromatic carbocycles. The molecule has 1 aliphatic carbocycles. The van der Waals surface area contributed by atoms with Crippen molar-refractivity contribution in [1.82, 2.24) is 19.7 Å². The largest absolute Gasteiger partial charge is 0.338 e. The molecule has 3 heterocycles. The molecule has 0 atom stereocenters. The van der Waals surface area contributed by atoms with Crippen LogP contribution in [0.2, 0.25) is 0 Å². The van der Waals surface area contributed by atoms with Crippen molar-refractivity contribution in [2.75, 3.05) is 13.1 Å². The Morgan fingerprint density at radius 1 is 1.30 bits per heavy atom. The number of likely N-dealkylation sites (tertiary alicyclic amines) is 1. The Hall–Kier alpha value is -1.91. The van der Waals surface area contributed by atoms with Gasteiger partial charge < -0.3 is 4.90 Å². The topological polar surface area (TPSA) is 51.0 Å². The number of fused-ring (bicyclic) bond motifs is 1. The molecule has 23 heavy (non-hydrogen) atoms. The average molecular weight is 312 g/mol. The van der Waals surface area contributed by atoms with E-state index in [4.69, 9.17) is 0 Å². The highest BCUT2D eigenvalue weighted by molar-refractivity contribution is 5.98. The summed E-state index contributed by atoms with van der Waals surface area (Å²) in [5.74, 6) is 0.143. The maximum Gasteiger partial charge on any atom is 0.255 e. The maximum atomic E-state index is 13.0. The standard InChI is InChI=1S/C18H24N4O/c1-3-22-16-14(11-19-22)10-15(13(2)20-16)17(23)21-9-8-18(12-21)6-4-5-7-18/h10-11H,3-9,12H2,1-2H3. The van der Waals surface area contributed by atoms with Crippen LogP contribution < -0.4 is 0 Å². The second kappa shape index (κ2) is 5.32. The van der Waals surface area contributed by atoms with Crippen LogP contribution in [0.3, 0.4) is 0 Å². The Labute approximate surface area is 136 Å². The van der Waals surface area contributed by atoms with Crippen molar-refractivity contribution < 1.29 is 4.79 Å². The summed E-state index contributed by atoms with van der Waals surface area (Å²) in [7, 11) is 0. The monoisotopic (exact) mass is 312 g/mol. The third-order valence-corrected chi connectivity index (χ3v) is 5.72. The molecular formula is C18H24N4O. The minimum atomic E-state index is 0.143. The minimum Gasteiger partial charge on any atom is -0.338 e. The van der Waals surface area contributed by atoms with Gasteiger partial charge in [0.05, 0.1) is 17.5 Å². The highest BCUT2D eigenvalue weighted by atomic mass is 16.2. The van der Waals surface area contributed by atoms with E-state index in [9.17, 15) is 4.79 Å². The smallest absolute Gasteiger partial charge is 0.255 e. The molecule has 2 aliphatic rings. The summed E-state index contributed by atoms with van der Waals surface area (Å²) in [5.41, 5.74) is 2.83. The number of aromatic nitrogens is 3. The van der Waals surface area contributed by atoms with Crippen molar-refractivity contribution in [2.24, 2.45) is 5.41 Å². The third-order valence-electron chi connectivity index (χ3n) is 5.72. The Balaban J connectivity index is 1.63. The molecule has 0 bridgehead atoms. The van der Waals surface area contributed by atoms with Gasteiger partial charge in [-0.05, 0) is 44.6 Å². The van der Waals surface area contributed by atoms with Crippen LogP contribution in [0.4, 0.5) is 0 Å². The lowest BCUT2D eigenvalue weighted by Crippen LogP contribution is -2.31. The maximum absolute atomic E-state index is 13.0. The Morgan fingerprint density at radius 2 is 2.09 bits per heavy atom. The van der Waals surface area contributed by atoms with E-state index in [-0.39, 0.29) is 5.91 Å². The summed E-state index contributed by atoms with van der Waals surface area (Å²) in [6.45, 7) is 6.59. The first kappa shape index (κ1) is 14.7. The van der Waals surface area contributed by atoms with Crippen LogP contribution in [-0.2, 0) is 6.54 Å².